The standard InChI is InChI=1S/C23H28ClF3N2O6/c1-31-9-4-10-34-22(30)28-8-3-5-16-6-7-18(33-12-11-32-2)14-20(16)35-21-19(24)13-17(15-29-21)23(25,26)27/h6-7,13-15H,3-5,8-12H2,1-2H3,(H,28,30). The number of halogens is 4. The number of hydrogen-bond donors (Lipinski definition) is 1. The molecule has 1 aromatic heterocycles. The highest BCUT2D eigenvalue weighted by molar-refractivity contribution is 6.31. The lowest BCUT2D eigenvalue weighted by atomic mass is 10.1. The van der Waals surface area contributed by atoms with Crippen LogP contribution in [-0.4, -0.2) is 58.3 Å². The van der Waals surface area contributed by atoms with Crippen LogP contribution in [0.1, 0.15) is 24.0 Å². The highest BCUT2D eigenvalue weighted by atomic mass is 35.5. The van der Waals surface area contributed by atoms with E-state index in [-0.39, 0.29) is 17.5 Å². The van der Waals surface area contributed by atoms with E-state index in [1.165, 1.54) is 0 Å². The number of carbonyl (C=O) groups excluding carboxylic acids is 1. The van der Waals surface area contributed by atoms with Gasteiger partial charge in [0.2, 0.25) is 5.88 Å². The van der Waals surface area contributed by atoms with Gasteiger partial charge in [0.25, 0.3) is 0 Å². The van der Waals surface area contributed by atoms with Gasteiger partial charge < -0.3 is 29.0 Å². The molecule has 0 fully saturated rings. The number of alkyl halides is 3. The molecular weight excluding hydrogens is 493 g/mol. The molecule has 0 aliphatic rings. The molecule has 0 saturated heterocycles. The van der Waals surface area contributed by atoms with Crippen molar-refractivity contribution in [3.05, 3.63) is 46.6 Å². The number of methoxy groups -OCH3 is 2. The molecule has 1 aromatic carbocycles. The van der Waals surface area contributed by atoms with Gasteiger partial charge in [0.05, 0.1) is 18.8 Å². The molecule has 2 rings (SSSR count). The van der Waals surface area contributed by atoms with Gasteiger partial charge in [-0.1, -0.05) is 17.7 Å². The molecule has 0 unspecified atom stereocenters. The maximum atomic E-state index is 12.9. The number of hydrogen-bond acceptors (Lipinski definition) is 7. The van der Waals surface area contributed by atoms with Crippen molar-refractivity contribution in [2.24, 2.45) is 0 Å². The van der Waals surface area contributed by atoms with Gasteiger partial charge in [-0.25, -0.2) is 9.78 Å². The Bertz CT molecular complexity index is 946. The Hall–Kier alpha value is -2.76. The van der Waals surface area contributed by atoms with E-state index in [4.69, 9.17) is 35.3 Å². The Morgan fingerprint density at radius 1 is 1.06 bits per heavy atom. The lowest BCUT2D eigenvalue weighted by Gasteiger charge is -2.15. The maximum absolute atomic E-state index is 12.9. The first-order valence-electron chi connectivity index (χ1n) is 10.8. The summed E-state index contributed by atoms with van der Waals surface area (Å²) in [6, 6.07) is 5.85. The van der Waals surface area contributed by atoms with Crippen LogP contribution in [0.25, 0.3) is 0 Å². The molecule has 1 amide bonds. The second kappa shape index (κ2) is 14.6. The third kappa shape index (κ3) is 10.2. The third-order valence-electron chi connectivity index (χ3n) is 4.55. The van der Waals surface area contributed by atoms with Gasteiger partial charge in [0.15, 0.2) is 0 Å². The minimum Gasteiger partial charge on any atom is -0.491 e. The van der Waals surface area contributed by atoms with Gasteiger partial charge in [-0.05, 0) is 30.5 Å². The van der Waals surface area contributed by atoms with E-state index in [1.54, 1.807) is 32.4 Å². The fourth-order valence-electron chi connectivity index (χ4n) is 2.82. The number of carbonyl (C=O) groups is 1. The second-order valence-electron chi connectivity index (χ2n) is 7.23. The average molecular weight is 521 g/mol. The van der Waals surface area contributed by atoms with Gasteiger partial charge in [0.1, 0.15) is 23.1 Å². The Balaban J connectivity index is 2.05. The minimum absolute atomic E-state index is 0.173. The third-order valence-corrected chi connectivity index (χ3v) is 4.83. The van der Waals surface area contributed by atoms with Crippen LogP contribution in [0.5, 0.6) is 17.4 Å². The molecule has 1 N–H and O–H groups in total. The van der Waals surface area contributed by atoms with Crippen LogP contribution in [0.4, 0.5) is 18.0 Å². The average Bonchev–Trinajstić information content (AvgIpc) is 2.81. The number of rotatable bonds is 14. The van der Waals surface area contributed by atoms with Crippen molar-refractivity contribution in [1.82, 2.24) is 10.3 Å². The summed E-state index contributed by atoms with van der Waals surface area (Å²) in [6.45, 7) is 1.76. The molecule has 1 heterocycles. The number of ether oxygens (including phenoxy) is 5. The van der Waals surface area contributed by atoms with E-state index in [0.717, 1.165) is 11.6 Å². The van der Waals surface area contributed by atoms with Crippen LogP contribution in [0.2, 0.25) is 5.02 Å². The second-order valence-corrected chi connectivity index (χ2v) is 7.64. The number of nitrogens with zero attached hydrogens (tertiary/aromatic N) is 1. The molecule has 0 spiro atoms. The fraction of sp³-hybridized carbons (Fsp3) is 0.478. The van der Waals surface area contributed by atoms with Crippen LogP contribution in [0, 0.1) is 0 Å². The van der Waals surface area contributed by atoms with Crippen LogP contribution in [-0.2, 0) is 26.8 Å². The van der Waals surface area contributed by atoms with Crippen molar-refractivity contribution in [3.8, 4) is 17.4 Å². The molecule has 0 aliphatic heterocycles. The first-order chi connectivity index (χ1) is 16.7. The van der Waals surface area contributed by atoms with Crippen molar-refractivity contribution in [2.45, 2.75) is 25.4 Å². The zero-order chi connectivity index (χ0) is 25.7. The number of alkyl carbamates (subject to hydrolysis) is 1. The molecule has 8 nitrogen and oxygen atoms in total. The van der Waals surface area contributed by atoms with Crippen LogP contribution < -0.4 is 14.8 Å². The largest absolute Gasteiger partial charge is 0.491 e. The Labute approximate surface area is 206 Å². The summed E-state index contributed by atoms with van der Waals surface area (Å²) in [5.41, 5.74) is -0.260. The first-order valence-corrected chi connectivity index (χ1v) is 11.2. The van der Waals surface area contributed by atoms with Crippen molar-refractivity contribution >= 4 is 17.7 Å². The molecule has 2 aromatic rings. The molecule has 0 saturated carbocycles. The monoisotopic (exact) mass is 520 g/mol. The molecule has 35 heavy (non-hydrogen) atoms. The number of pyridine rings is 1. The quantitative estimate of drug-likeness (QED) is 0.340. The van der Waals surface area contributed by atoms with Crippen LogP contribution in [0.3, 0.4) is 0 Å². The SMILES string of the molecule is COCCCOC(=O)NCCCc1ccc(OCCOC)cc1Oc1ncc(C(F)(F)F)cc1Cl. The topological polar surface area (TPSA) is 88.1 Å². The van der Waals surface area contributed by atoms with Gasteiger partial charge in [-0.3, -0.25) is 0 Å². The van der Waals surface area contributed by atoms with Gasteiger partial charge in [-0.2, -0.15) is 13.2 Å². The number of nitrogens with one attached hydrogen (secondary N) is 1. The smallest absolute Gasteiger partial charge is 0.417 e. The summed E-state index contributed by atoms with van der Waals surface area (Å²) in [6.07, 6.45) is -2.82. The molecule has 12 heteroatoms. The van der Waals surface area contributed by atoms with E-state index < -0.39 is 17.8 Å². The van der Waals surface area contributed by atoms with E-state index in [9.17, 15) is 18.0 Å². The molecule has 0 radical (unpaired) electrons. The molecule has 194 valence electrons. The Morgan fingerprint density at radius 3 is 2.51 bits per heavy atom. The van der Waals surface area contributed by atoms with Gasteiger partial charge >= 0.3 is 12.3 Å². The molecule has 0 bridgehead atoms. The van der Waals surface area contributed by atoms with Crippen LogP contribution >= 0.6 is 11.6 Å². The Morgan fingerprint density at radius 2 is 1.83 bits per heavy atom. The summed E-state index contributed by atoms with van der Waals surface area (Å²) >= 11 is 6.00. The number of aromatic nitrogens is 1. The summed E-state index contributed by atoms with van der Waals surface area (Å²) in [4.78, 5) is 15.4. The fourth-order valence-corrected chi connectivity index (χ4v) is 3.02. The predicted molar refractivity (Wildman–Crippen MR) is 122 cm³/mol. The lowest BCUT2D eigenvalue weighted by molar-refractivity contribution is -0.137. The number of benzene rings is 1. The van der Waals surface area contributed by atoms with Gasteiger partial charge in [-0.15, -0.1) is 0 Å². The van der Waals surface area contributed by atoms with E-state index >= 15 is 0 Å². The maximum Gasteiger partial charge on any atom is 0.417 e. The van der Waals surface area contributed by atoms with Crippen LogP contribution in [0.15, 0.2) is 30.5 Å². The number of aryl methyl sites for hydroxylation is 1. The summed E-state index contributed by atoms with van der Waals surface area (Å²) in [7, 11) is 3.11. The van der Waals surface area contributed by atoms with Crippen molar-refractivity contribution < 1.29 is 41.7 Å². The summed E-state index contributed by atoms with van der Waals surface area (Å²) < 4.78 is 65.0. The highest BCUT2D eigenvalue weighted by Gasteiger charge is 2.32. The lowest BCUT2D eigenvalue weighted by Crippen LogP contribution is -2.26. The molecule has 0 aliphatic carbocycles. The highest BCUT2D eigenvalue weighted by Crippen LogP contribution is 2.36. The predicted octanol–water partition coefficient (Wildman–Crippen LogP) is 5.27. The molecular formula is C23H28ClF3N2O6. The summed E-state index contributed by atoms with van der Waals surface area (Å²) in [5, 5.41) is 2.37. The van der Waals surface area contributed by atoms with E-state index in [1.807, 2.05) is 0 Å². The normalized spacial score (nSPS) is 11.3. The number of amides is 1. The molecule has 0 atom stereocenters. The van der Waals surface area contributed by atoms with Crippen molar-refractivity contribution in [1.29, 1.82) is 0 Å². The Kier molecular flexibility index (Phi) is 11.9. The summed E-state index contributed by atoms with van der Waals surface area (Å²) in [5.74, 6) is 0.616. The zero-order valence-corrected chi connectivity index (χ0v) is 20.2. The van der Waals surface area contributed by atoms with Crippen molar-refractivity contribution in [2.75, 3.05) is 47.2 Å². The van der Waals surface area contributed by atoms with E-state index in [2.05, 4.69) is 10.3 Å². The zero-order valence-electron chi connectivity index (χ0n) is 19.5. The van der Waals surface area contributed by atoms with Gasteiger partial charge in [0, 0.05) is 46.1 Å². The first kappa shape index (κ1) is 28.5. The van der Waals surface area contributed by atoms with Crippen molar-refractivity contribution in [3.63, 3.8) is 0 Å². The van der Waals surface area contributed by atoms with E-state index in [0.29, 0.717) is 63.3 Å². The minimum atomic E-state index is -4.58.